The number of hydrogen-bond donors (Lipinski definition) is 2. The Bertz CT molecular complexity index is 485. The summed E-state index contributed by atoms with van der Waals surface area (Å²) >= 11 is 3.61. The van der Waals surface area contributed by atoms with Gasteiger partial charge in [0.1, 0.15) is 0 Å². The number of carbonyl (C=O) groups is 1. The third-order valence-corrected chi connectivity index (χ3v) is 4.64. The molecule has 1 saturated carbocycles. The molecule has 2 aliphatic rings. The van der Waals surface area contributed by atoms with Crippen molar-refractivity contribution < 1.29 is 4.79 Å². The molecule has 1 atom stereocenters. The number of carbonyl (C=O) groups excluding carboxylic acids is 1. The van der Waals surface area contributed by atoms with Crippen molar-refractivity contribution in [3.8, 4) is 0 Å². The second-order valence-corrected chi connectivity index (χ2v) is 6.30. The fourth-order valence-electron chi connectivity index (χ4n) is 2.71. The normalized spacial score (nSPS) is 21.2. The molecule has 3 nitrogen and oxygen atoms in total. The van der Waals surface area contributed by atoms with Crippen molar-refractivity contribution in [3.05, 3.63) is 33.8 Å². The number of hydrogen-bond acceptors (Lipinski definition) is 2. The van der Waals surface area contributed by atoms with E-state index in [1.807, 2.05) is 0 Å². The topological polar surface area (TPSA) is 41.1 Å². The first kappa shape index (κ1) is 13.1. The average molecular weight is 323 g/mol. The van der Waals surface area contributed by atoms with Crippen molar-refractivity contribution in [3.63, 3.8) is 0 Å². The number of halogens is 1. The van der Waals surface area contributed by atoms with Crippen molar-refractivity contribution >= 4 is 21.8 Å². The molecule has 0 radical (unpaired) electrons. The standard InChI is InChI=1S/C15H19BrN2O/c16-13-3-1-2-12-11(13)6-7-14(12)17-9-8-15(19)18-10-4-5-10/h1-3,10,14,17H,4-9H2,(H,18,19). The molecule has 0 heterocycles. The molecule has 1 amide bonds. The van der Waals surface area contributed by atoms with E-state index in [-0.39, 0.29) is 5.91 Å². The zero-order valence-electron chi connectivity index (χ0n) is 10.9. The maximum atomic E-state index is 11.6. The lowest BCUT2D eigenvalue weighted by atomic mass is 10.1. The van der Waals surface area contributed by atoms with Crippen LogP contribution >= 0.6 is 15.9 Å². The molecule has 3 rings (SSSR count). The minimum atomic E-state index is 0.183. The van der Waals surface area contributed by atoms with Crippen molar-refractivity contribution in [1.29, 1.82) is 0 Å². The fourth-order valence-corrected chi connectivity index (χ4v) is 3.29. The summed E-state index contributed by atoms with van der Waals surface area (Å²) in [6.45, 7) is 0.759. The van der Waals surface area contributed by atoms with E-state index in [4.69, 9.17) is 0 Å². The summed E-state index contributed by atoms with van der Waals surface area (Å²) in [4.78, 5) is 11.6. The molecule has 0 bridgehead atoms. The number of amides is 1. The molecule has 4 heteroatoms. The fraction of sp³-hybridized carbons (Fsp3) is 0.533. The Hall–Kier alpha value is -0.870. The summed E-state index contributed by atoms with van der Waals surface area (Å²) < 4.78 is 1.21. The Morgan fingerprint density at radius 3 is 2.95 bits per heavy atom. The van der Waals surface area contributed by atoms with Crippen LogP contribution in [-0.4, -0.2) is 18.5 Å². The van der Waals surface area contributed by atoms with Gasteiger partial charge in [0.2, 0.25) is 5.91 Å². The number of nitrogens with one attached hydrogen (secondary N) is 2. The highest BCUT2D eigenvalue weighted by Gasteiger charge is 2.25. The number of fused-ring (bicyclic) bond motifs is 1. The summed E-state index contributed by atoms with van der Waals surface area (Å²) in [5.74, 6) is 0.183. The lowest BCUT2D eigenvalue weighted by molar-refractivity contribution is -0.121. The van der Waals surface area contributed by atoms with E-state index in [0.29, 0.717) is 18.5 Å². The second-order valence-electron chi connectivity index (χ2n) is 5.44. The Balaban J connectivity index is 1.49. The van der Waals surface area contributed by atoms with E-state index in [2.05, 4.69) is 44.8 Å². The van der Waals surface area contributed by atoms with Crippen LogP contribution in [0.4, 0.5) is 0 Å². The third kappa shape index (κ3) is 3.18. The maximum absolute atomic E-state index is 11.6. The summed E-state index contributed by atoms with van der Waals surface area (Å²) in [5.41, 5.74) is 2.81. The van der Waals surface area contributed by atoms with Crippen molar-refractivity contribution in [2.75, 3.05) is 6.54 Å². The first-order valence-electron chi connectivity index (χ1n) is 7.04. The van der Waals surface area contributed by atoms with Crippen molar-refractivity contribution in [2.45, 2.75) is 44.2 Å². The van der Waals surface area contributed by atoms with Crippen LogP contribution in [0.2, 0.25) is 0 Å². The Morgan fingerprint density at radius 2 is 2.16 bits per heavy atom. The van der Waals surface area contributed by atoms with Crippen LogP contribution in [0.1, 0.15) is 42.9 Å². The van der Waals surface area contributed by atoms with Crippen LogP contribution in [0.15, 0.2) is 22.7 Å². The summed E-state index contributed by atoms with van der Waals surface area (Å²) in [6, 6.07) is 7.25. The van der Waals surface area contributed by atoms with Crippen LogP contribution in [0.5, 0.6) is 0 Å². The molecule has 1 aromatic rings. The number of rotatable bonds is 5. The lowest BCUT2D eigenvalue weighted by Gasteiger charge is -2.14. The molecule has 2 N–H and O–H groups in total. The molecule has 2 aliphatic carbocycles. The lowest BCUT2D eigenvalue weighted by Crippen LogP contribution is -2.30. The minimum absolute atomic E-state index is 0.183. The summed E-state index contributed by atoms with van der Waals surface area (Å²) in [7, 11) is 0. The van der Waals surface area contributed by atoms with Gasteiger partial charge in [-0.3, -0.25) is 4.79 Å². The Kier molecular flexibility index (Phi) is 3.89. The average Bonchev–Trinajstić information content (AvgIpc) is 3.09. The highest BCUT2D eigenvalue weighted by Crippen LogP contribution is 2.35. The predicted molar refractivity (Wildman–Crippen MR) is 79.0 cm³/mol. The molecular formula is C15H19BrN2O. The smallest absolute Gasteiger partial charge is 0.221 e. The number of benzene rings is 1. The van der Waals surface area contributed by atoms with Crippen LogP contribution in [0.25, 0.3) is 0 Å². The molecule has 102 valence electrons. The molecule has 1 aromatic carbocycles. The Morgan fingerprint density at radius 1 is 1.32 bits per heavy atom. The van der Waals surface area contributed by atoms with Crippen molar-refractivity contribution in [1.82, 2.24) is 10.6 Å². The van der Waals surface area contributed by atoms with E-state index in [1.54, 1.807) is 0 Å². The first-order valence-corrected chi connectivity index (χ1v) is 7.83. The summed E-state index contributed by atoms with van der Waals surface area (Å²) in [5, 5.41) is 6.53. The minimum Gasteiger partial charge on any atom is -0.353 e. The van der Waals surface area contributed by atoms with E-state index in [9.17, 15) is 4.79 Å². The van der Waals surface area contributed by atoms with Gasteiger partial charge in [0.15, 0.2) is 0 Å². The van der Waals surface area contributed by atoms with Crippen molar-refractivity contribution in [2.24, 2.45) is 0 Å². The van der Waals surface area contributed by atoms with Crippen LogP contribution < -0.4 is 10.6 Å². The largest absolute Gasteiger partial charge is 0.353 e. The predicted octanol–water partition coefficient (Wildman–Crippen LogP) is 2.69. The highest BCUT2D eigenvalue weighted by molar-refractivity contribution is 9.10. The van der Waals surface area contributed by atoms with E-state index < -0.39 is 0 Å². The van der Waals surface area contributed by atoms with Gasteiger partial charge in [0.25, 0.3) is 0 Å². The zero-order chi connectivity index (χ0) is 13.2. The second kappa shape index (κ2) is 5.63. The van der Waals surface area contributed by atoms with Gasteiger partial charge in [0.05, 0.1) is 0 Å². The van der Waals surface area contributed by atoms with Gasteiger partial charge in [0, 0.05) is 29.5 Å². The molecule has 1 fully saturated rings. The molecule has 0 aliphatic heterocycles. The van der Waals surface area contributed by atoms with Crippen LogP contribution in [-0.2, 0) is 11.2 Å². The quantitative estimate of drug-likeness (QED) is 0.875. The summed E-state index contributed by atoms with van der Waals surface area (Å²) in [6.07, 6.45) is 5.13. The van der Waals surface area contributed by atoms with E-state index >= 15 is 0 Å². The molecule has 0 aromatic heterocycles. The van der Waals surface area contributed by atoms with Gasteiger partial charge in [-0.05, 0) is 42.9 Å². The molecular weight excluding hydrogens is 304 g/mol. The Labute approximate surface area is 122 Å². The van der Waals surface area contributed by atoms with Crippen LogP contribution in [0.3, 0.4) is 0 Å². The third-order valence-electron chi connectivity index (χ3n) is 3.90. The molecule has 0 saturated heterocycles. The molecule has 1 unspecified atom stereocenters. The van der Waals surface area contributed by atoms with Gasteiger partial charge in [-0.15, -0.1) is 0 Å². The van der Waals surface area contributed by atoms with Gasteiger partial charge < -0.3 is 10.6 Å². The first-order chi connectivity index (χ1) is 9.24. The van der Waals surface area contributed by atoms with Gasteiger partial charge in [-0.25, -0.2) is 0 Å². The zero-order valence-corrected chi connectivity index (χ0v) is 12.5. The monoisotopic (exact) mass is 322 g/mol. The van der Waals surface area contributed by atoms with Gasteiger partial charge in [-0.1, -0.05) is 28.1 Å². The molecule has 19 heavy (non-hydrogen) atoms. The SMILES string of the molecule is O=C(CCNC1CCc2c(Br)cccc21)NC1CC1. The highest BCUT2D eigenvalue weighted by atomic mass is 79.9. The van der Waals surface area contributed by atoms with E-state index in [1.165, 1.54) is 15.6 Å². The van der Waals surface area contributed by atoms with Crippen LogP contribution in [0, 0.1) is 0 Å². The van der Waals surface area contributed by atoms with E-state index in [0.717, 1.165) is 32.2 Å². The maximum Gasteiger partial charge on any atom is 0.221 e. The van der Waals surface area contributed by atoms with Gasteiger partial charge >= 0.3 is 0 Å². The van der Waals surface area contributed by atoms with Gasteiger partial charge in [-0.2, -0.15) is 0 Å². The molecule has 0 spiro atoms.